The van der Waals surface area contributed by atoms with Crippen molar-refractivity contribution in [2.24, 2.45) is 0 Å². The number of nitrogens with zero attached hydrogens (tertiary/aromatic N) is 2. The number of carbonyl (C=O) groups is 2. The largest absolute Gasteiger partial charge is 0.354 e. The van der Waals surface area contributed by atoms with Gasteiger partial charge in [0.05, 0.1) is 20.6 Å². The number of halogens is 2. The van der Waals surface area contributed by atoms with Gasteiger partial charge in [0, 0.05) is 13.1 Å². The van der Waals surface area contributed by atoms with Gasteiger partial charge in [-0.25, -0.2) is 8.42 Å². The lowest BCUT2D eigenvalue weighted by Crippen LogP contribution is -2.51. The van der Waals surface area contributed by atoms with Crippen molar-refractivity contribution in [2.45, 2.75) is 51.6 Å². The zero-order chi connectivity index (χ0) is 28.7. The average molecular weight is 591 g/mol. The highest BCUT2D eigenvalue weighted by Gasteiger charge is 2.33. The highest BCUT2D eigenvalue weighted by Crippen LogP contribution is 2.35. The van der Waals surface area contributed by atoms with Gasteiger partial charge in [0.15, 0.2) is 0 Å². The van der Waals surface area contributed by atoms with E-state index in [4.69, 9.17) is 23.2 Å². The molecule has 0 heterocycles. The molecule has 1 N–H and O–H groups in total. The Morgan fingerprint density at radius 1 is 0.949 bits per heavy atom. The molecule has 0 radical (unpaired) electrons. The fraction of sp³-hybridized carbons (Fsp3) is 0.310. The zero-order valence-electron chi connectivity index (χ0n) is 22.4. The lowest BCUT2D eigenvalue weighted by molar-refractivity contribution is -0.139. The topological polar surface area (TPSA) is 86.8 Å². The minimum atomic E-state index is -4.24. The third-order valence-corrected chi connectivity index (χ3v) is 8.99. The molecule has 0 unspecified atom stereocenters. The van der Waals surface area contributed by atoms with Gasteiger partial charge in [-0.15, -0.1) is 0 Å². The van der Waals surface area contributed by atoms with Crippen LogP contribution in [-0.2, 0) is 26.2 Å². The molecule has 1 atom stereocenters. The minimum Gasteiger partial charge on any atom is -0.354 e. The summed E-state index contributed by atoms with van der Waals surface area (Å²) < 4.78 is 28.7. The first-order chi connectivity index (χ1) is 18.5. The van der Waals surface area contributed by atoms with Crippen molar-refractivity contribution in [3.63, 3.8) is 0 Å². The van der Waals surface area contributed by atoms with Crippen molar-refractivity contribution in [3.05, 3.63) is 93.5 Å². The molecule has 0 saturated heterocycles. The Kier molecular flexibility index (Phi) is 10.4. The van der Waals surface area contributed by atoms with Crippen LogP contribution in [0.2, 0.25) is 10.0 Å². The van der Waals surface area contributed by atoms with Gasteiger partial charge in [0.25, 0.3) is 10.0 Å². The molecule has 3 aromatic rings. The first kappa shape index (κ1) is 30.5. The van der Waals surface area contributed by atoms with Crippen LogP contribution in [0.1, 0.15) is 37.0 Å². The fourth-order valence-electron chi connectivity index (χ4n) is 3.99. The van der Waals surface area contributed by atoms with Crippen LogP contribution in [0.25, 0.3) is 0 Å². The maximum Gasteiger partial charge on any atom is 0.264 e. The zero-order valence-corrected chi connectivity index (χ0v) is 24.8. The third kappa shape index (κ3) is 7.32. The van der Waals surface area contributed by atoms with Gasteiger partial charge in [0.2, 0.25) is 11.8 Å². The Morgan fingerprint density at radius 2 is 1.62 bits per heavy atom. The molecule has 3 rings (SSSR count). The number of amides is 2. The summed E-state index contributed by atoms with van der Waals surface area (Å²) in [5, 5.41) is 2.98. The standard InChI is InChI=1S/C29H33Cl2N3O4S/c1-5-17-32-29(36)22(4)33(18-23-10-7-6-9-21(23)3)27(35)19-34(26-12-8-11-25(30)28(26)31)39(37,38)24-15-13-20(2)14-16-24/h6-16,22H,5,17-19H2,1-4H3,(H,32,36)/t22-/m1/s1. The van der Waals surface area contributed by atoms with Gasteiger partial charge in [-0.3, -0.25) is 13.9 Å². The molecule has 10 heteroatoms. The molecular formula is C29H33Cl2N3O4S. The predicted molar refractivity (Wildman–Crippen MR) is 157 cm³/mol. The maximum absolute atomic E-state index is 14.0. The average Bonchev–Trinajstić information content (AvgIpc) is 2.91. The highest BCUT2D eigenvalue weighted by molar-refractivity contribution is 7.92. The van der Waals surface area contributed by atoms with Crippen LogP contribution in [0, 0.1) is 13.8 Å². The number of nitrogens with one attached hydrogen (secondary N) is 1. The second-order valence-corrected chi connectivity index (χ2v) is 12.0. The van der Waals surface area contributed by atoms with E-state index in [2.05, 4.69) is 5.32 Å². The van der Waals surface area contributed by atoms with Crippen molar-refractivity contribution in [1.82, 2.24) is 10.2 Å². The van der Waals surface area contributed by atoms with Crippen LogP contribution in [-0.4, -0.2) is 44.3 Å². The second kappa shape index (κ2) is 13.3. The van der Waals surface area contributed by atoms with Crippen LogP contribution in [0.5, 0.6) is 0 Å². The van der Waals surface area contributed by atoms with Crippen LogP contribution in [0.15, 0.2) is 71.6 Å². The van der Waals surface area contributed by atoms with E-state index in [-0.39, 0.29) is 33.1 Å². The first-order valence-electron chi connectivity index (χ1n) is 12.6. The maximum atomic E-state index is 14.0. The quantitative estimate of drug-likeness (QED) is 0.308. The smallest absolute Gasteiger partial charge is 0.264 e. The van der Waals surface area contributed by atoms with Crippen LogP contribution in [0.3, 0.4) is 0 Å². The number of hydrogen-bond donors (Lipinski definition) is 1. The summed E-state index contributed by atoms with van der Waals surface area (Å²) in [6, 6.07) is 17.6. The summed E-state index contributed by atoms with van der Waals surface area (Å²) in [5.41, 5.74) is 2.74. The predicted octanol–water partition coefficient (Wildman–Crippen LogP) is 5.75. The molecule has 0 aliphatic rings. The second-order valence-electron chi connectivity index (χ2n) is 9.31. The van der Waals surface area contributed by atoms with Gasteiger partial charge in [-0.05, 0) is 62.6 Å². The minimum absolute atomic E-state index is 0.00171. The molecule has 0 aromatic heterocycles. The normalized spacial score (nSPS) is 12.1. The van der Waals surface area contributed by atoms with Crippen molar-refractivity contribution >= 4 is 50.7 Å². The number of sulfonamides is 1. The summed E-state index contributed by atoms with van der Waals surface area (Å²) in [4.78, 5) is 28.3. The van der Waals surface area contributed by atoms with Gasteiger partial charge in [0.1, 0.15) is 12.6 Å². The number of rotatable bonds is 11. The highest BCUT2D eigenvalue weighted by atomic mass is 35.5. The number of benzene rings is 3. The number of aryl methyl sites for hydroxylation is 2. The van der Waals surface area contributed by atoms with Crippen molar-refractivity contribution in [2.75, 3.05) is 17.4 Å². The number of anilines is 1. The third-order valence-electron chi connectivity index (χ3n) is 6.41. The van der Waals surface area contributed by atoms with E-state index in [1.807, 2.05) is 45.0 Å². The Morgan fingerprint density at radius 3 is 2.26 bits per heavy atom. The molecule has 0 aliphatic carbocycles. The van der Waals surface area contributed by atoms with Crippen molar-refractivity contribution in [1.29, 1.82) is 0 Å². The van der Waals surface area contributed by atoms with Crippen LogP contribution < -0.4 is 9.62 Å². The van der Waals surface area contributed by atoms with Gasteiger partial charge >= 0.3 is 0 Å². The van der Waals surface area contributed by atoms with Gasteiger partial charge in [-0.1, -0.05) is 78.2 Å². The van der Waals surface area contributed by atoms with Gasteiger partial charge < -0.3 is 10.2 Å². The summed E-state index contributed by atoms with van der Waals surface area (Å²) in [6.07, 6.45) is 0.736. The fourth-order valence-corrected chi connectivity index (χ4v) is 5.86. The lowest BCUT2D eigenvalue weighted by atomic mass is 10.1. The van der Waals surface area contributed by atoms with E-state index < -0.39 is 28.5 Å². The molecule has 208 valence electrons. The van der Waals surface area contributed by atoms with E-state index in [0.29, 0.717) is 6.54 Å². The Labute approximate surface area is 240 Å². The van der Waals surface area contributed by atoms with Crippen molar-refractivity contribution < 1.29 is 18.0 Å². The lowest BCUT2D eigenvalue weighted by Gasteiger charge is -2.32. The molecule has 0 aliphatic heterocycles. The summed E-state index contributed by atoms with van der Waals surface area (Å²) >= 11 is 12.7. The summed E-state index contributed by atoms with van der Waals surface area (Å²) in [6.45, 7) is 7.32. The Balaban J connectivity index is 2.07. The van der Waals surface area contributed by atoms with Crippen LogP contribution in [0.4, 0.5) is 5.69 Å². The molecule has 0 spiro atoms. The molecule has 2 amide bonds. The van der Waals surface area contributed by atoms with Gasteiger partial charge in [-0.2, -0.15) is 0 Å². The Hall–Kier alpha value is -3.07. The van der Waals surface area contributed by atoms with Crippen LogP contribution >= 0.6 is 23.2 Å². The number of carbonyl (C=O) groups excluding carboxylic acids is 2. The van der Waals surface area contributed by atoms with E-state index in [9.17, 15) is 18.0 Å². The SMILES string of the molecule is CCCNC(=O)[C@@H](C)N(Cc1ccccc1C)C(=O)CN(c1cccc(Cl)c1Cl)S(=O)(=O)c1ccc(C)cc1. The van der Waals surface area contributed by atoms with E-state index in [0.717, 1.165) is 27.4 Å². The molecule has 39 heavy (non-hydrogen) atoms. The summed E-state index contributed by atoms with van der Waals surface area (Å²) in [5.74, 6) is -0.892. The summed E-state index contributed by atoms with van der Waals surface area (Å²) in [7, 11) is -4.24. The molecule has 0 bridgehead atoms. The molecule has 0 fully saturated rings. The molecule has 3 aromatic carbocycles. The Bertz CT molecular complexity index is 1430. The molecular weight excluding hydrogens is 557 g/mol. The van der Waals surface area contributed by atoms with E-state index in [1.165, 1.54) is 29.2 Å². The monoisotopic (exact) mass is 589 g/mol. The molecule has 7 nitrogen and oxygen atoms in total. The number of hydrogen-bond acceptors (Lipinski definition) is 4. The first-order valence-corrected chi connectivity index (χ1v) is 14.8. The molecule has 0 saturated carbocycles. The van der Waals surface area contributed by atoms with E-state index in [1.54, 1.807) is 25.1 Å². The van der Waals surface area contributed by atoms with E-state index >= 15 is 0 Å². The van der Waals surface area contributed by atoms with Crippen molar-refractivity contribution in [3.8, 4) is 0 Å².